The van der Waals surface area contributed by atoms with Gasteiger partial charge in [0.15, 0.2) is 0 Å². The highest BCUT2D eigenvalue weighted by Crippen LogP contribution is 2.19. The fourth-order valence-corrected chi connectivity index (χ4v) is 2.06. The van der Waals surface area contributed by atoms with Crippen molar-refractivity contribution in [1.29, 1.82) is 5.26 Å². The predicted octanol–water partition coefficient (Wildman–Crippen LogP) is 2.05. The molecule has 0 spiro atoms. The first-order valence-corrected chi connectivity index (χ1v) is 6.50. The van der Waals surface area contributed by atoms with Gasteiger partial charge in [0.1, 0.15) is 5.41 Å². The largest absolute Gasteiger partial charge is 0.354 e. The van der Waals surface area contributed by atoms with Crippen LogP contribution in [0.15, 0.2) is 5.38 Å². The predicted molar refractivity (Wildman–Crippen MR) is 67.6 cm³/mol. The van der Waals surface area contributed by atoms with E-state index in [1.165, 1.54) is 0 Å². The Labute approximate surface area is 106 Å². The Balaban J connectivity index is 2.42. The Kier molecular flexibility index (Phi) is 4.64. The third-order valence-corrected chi connectivity index (χ3v) is 3.77. The molecule has 5 heteroatoms. The van der Waals surface area contributed by atoms with Gasteiger partial charge in [-0.05, 0) is 20.3 Å². The fourth-order valence-electron chi connectivity index (χ4n) is 1.29. The van der Waals surface area contributed by atoms with Crippen molar-refractivity contribution in [3.63, 3.8) is 0 Å². The Morgan fingerprint density at radius 1 is 1.71 bits per heavy atom. The Bertz CT molecular complexity index is 435. The van der Waals surface area contributed by atoms with Crippen LogP contribution in [-0.2, 0) is 11.2 Å². The molecule has 0 aliphatic rings. The number of nitrogens with zero attached hydrogens (tertiary/aromatic N) is 2. The van der Waals surface area contributed by atoms with E-state index in [1.807, 2.05) is 19.2 Å². The molecule has 1 amide bonds. The molecule has 4 nitrogen and oxygen atoms in total. The molecular formula is C12H17N3OS. The number of carbonyl (C=O) groups is 1. The van der Waals surface area contributed by atoms with Gasteiger partial charge in [0.05, 0.1) is 11.1 Å². The summed E-state index contributed by atoms with van der Waals surface area (Å²) in [7, 11) is 0. The fraction of sp³-hybridized carbons (Fsp3) is 0.583. The minimum atomic E-state index is -0.918. The molecule has 0 aliphatic heterocycles. The van der Waals surface area contributed by atoms with Crippen LogP contribution in [0.25, 0.3) is 0 Å². The lowest BCUT2D eigenvalue weighted by Crippen LogP contribution is -2.38. The van der Waals surface area contributed by atoms with Crippen molar-refractivity contribution in [2.24, 2.45) is 5.41 Å². The number of aromatic nitrogens is 1. The summed E-state index contributed by atoms with van der Waals surface area (Å²) in [5, 5.41) is 14.7. The molecule has 0 bridgehead atoms. The maximum Gasteiger partial charge on any atom is 0.240 e. The van der Waals surface area contributed by atoms with Crippen molar-refractivity contribution < 1.29 is 4.79 Å². The summed E-state index contributed by atoms with van der Waals surface area (Å²) in [6, 6.07) is 2.06. The minimum absolute atomic E-state index is 0.198. The van der Waals surface area contributed by atoms with Gasteiger partial charge < -0.3 is 5.32 Å². The number of hydrogen-bond acceptors (Lipinski definition) is 4. The molecule has 1 heterocycles. The number of hydrogen-bond donors (Lipinski definition) is 1. The number of thiazole rings is 1. The summed E-state index contributed by atoms with van der Waals surface area (Å²) in [5.41, 5.74) is 0.0884. The Morgan fingerprint density at radius 3 is 2.88 bits per heavy atom. The van der Waals surface area contributed by atoms with Crippen LogP contribution in [0.5, 0.6) is 0 Å². The molecule has 0 fully saturated rings. The maximum atomic E-state index is 11.8. The van der Waals surface area contributed by atoms with Gasteiger partial charge >= 0.3 is 0 Å². The molecule has 1 aromatic rings. The molecule has 1 unspecified atom stereocenters. The number of nitrogens with one attached hydrogen (secondary N) is 1. The third kappa shape index (κ3) is 3.53. The highest BCUT2D eigenvalue weighted by Gasteiger charge is 2.30. The zero-order valence-electron chi connectivity index (χ0n) is 10.4. The van der Waals surface area contributed by atoms with E-state index in [2.05, 4.69) is 16.4 Å². The van der Waals surface area contributed by atoms with Crippen LogP contribution in [0, 0.1) is 23.7 Å². The average molecular weight is 251 g/mol. The van der Waals surface area contributed by atoms with Crippen molar-refractivity contribution in [3.05, 3.63) is 16.1 Å². The van der Waals surface area contributed by atoms with E-state index < -0.39 is 5.41 Å². The zero-order chi connectivity index (χ0) is 12.9. The second-order valence-corrected chi connectivity index (χ2v) is 5.13. The van der Waals surface area contributed by atoms with Gasteiger partial charge in [-0.15, -0.1) is 11.3 Å². The van der Waals surface area contributed by atoms with Gasteiger partial charge in [0.2, 0.25) is 5.91 Å². The number of amides is 1. The van der Waals surface area contributed by atoms with Gasteiger partial charge in [-0.25, -0.2) is 4.98 Å². The second-order valence-electron chi connectivity index (χ2n) is 4.19. The zero-order valence-corrected chi connectivity index (χ0v) is 11.2. The first-order valence-electron chi connectivity index (χ1n) is 5.62. The maximum absolute atomic E-state index is 11.8. The lowest BCUT2D eigenvalue weighted by Gasteiger charge is -2.18. The van der Waals surface area contributed by atoms with Crippen LogP contribution in [-0.4, -0.2) is 17.4 Å². The smallest absolute Gasteiger partial charge is 0.240 e. The van der Waals surface area contributed by atoms with Crippen molar-refractivity contribution in [2.45, 2.75) is 33.6 Å². The van der Waals surface area contributed by atoms with Gasteiger partial charge in [-0.1, -0.05) is 6.92 Å². The minimum Gasteiger partial charge on any atom is -0.354 e. The average Bonchev–Trinajstić information content (AvgIpc) is 2.74. The van der Waals surface area contributed by atoms with Gasteiger partial charge in [-0.3, -0.25) is 4.79 Å². The van der Waals surface area contributed by atoms with Crippen LogP contribution in [0.4, 0.5) is 0 Å². The van der Waals surface area contributed by atoms with Crippen molar-refractivity contribution in [3.8, 4) is 6.07 Å². The van der Waals surface area contributed by atoms with E-state index in [-0.39, 0.29) is 5.91 Å². The van der Waals surface area contributed by atoms with E-state index in [0.717, 1.165) is 17.1 Å². The SMILES string of the molecule is CCC(C)(C#N)C(=O)NCCc1nc(C)cs1. The number of rotatable bonds is 5. The molecule has 1 aromatic heterocycles. The highest BCUT2D eigenvalue weighted by atomic mass is 32.1. The molecule has 0 aromatic carbocycles. The molecule has 0 radical (unpaired) electrons. The first kappa shape index (κ1) is 13.7. The molecule has 1 atom stereocenters. The summed E-state index contributed by atoms with van der Waals surface area (Å²) in [5.74, 6) is -0.198. The van der Waals surface area contributed by atoms with Crippen molar-refractivity contribution >= 4 is 17.2 Å². The second kappa shape index (κ2) is 5.78. The van der Waals surface area contributed by atoms with Crippen molar-refractivity contribution in [1.82, 2.24) is 10.3 Å². The lowest BCUT2D eigenvalue weighted by molar-refractivity contribution is -0.127. The van der Waals surface area contributed by atoms with Crippen LogP contribution in [0.1, 0.15) is 31.0 Å². The monoisotopic (exact) mass is 251 g/mol. The third-order valence-electron chi connectivity index (χ3n) is 2.75. The lowest BCUT2D eigenvalue weighted by atomic mass is 9.88. The van der Waals surface area contributed by atoms with Crippen LogP contribution < -0.4 is 5.32 Å². The number of carbonyl (C=O) groups excluding carboxylic acids is 1. The quantitative estimate of drug-likeness (QED) is 0.871. The highest BCUT2D eigenvalue weighted by molar-refractivity contribution is 7.09. The standard InChI is InChI=1S/C12H17N3OS/c1-4-12(3,8-13)11(16)14-6-5-10-15-9(2)7-17-10/h7H,4-6H2,1-3H3,(H,14,16). The summed E-state index contributed by atoms with van der Waals surface area (Å²) >= 11 is 1.59. The summed E-state index contributed by atoms with van der Waals surface area (Å²) in [6.07, 6.45) is 1.24. The summed E-state index contributed by atoms with van der Waals surface area (Å²) in [4.78, 5) is 16.1. The van der Waals surface area contributed by atoms with Crippen LogP contribution in [0.2, 0.25) is 0 Å². The summed E-state index contributed by atoms with van der Waals surface area (Å²) < 4.78 is 0. The molecule has 0 saturated heterocycles. The molecule has 92 valence electrons. The number of nitriles is 1. The molecule has 0 aliphatic carbocycles. The first-order chi connectivity index (χ1) is 8.01. The number of aryl methyl sites for hydroxylation is 1. The molecule has 1 N–H and O–H groups in total. The summed E-state index contributed by atoms with van der Waals surface area (Å²) in [6.45, 7) is 5.98. The Morgan fingerprint density at radius 2 is 2.41 bits per heavy atom. The van der Waals surface area contributed by atoms with Gasteiger partial charge in [-0.2, -0.15) is 5.26 Å². The molecular weight excluding hydrogens is 234 g/mol. The van der Waals surface area contributed by atoms with Gasteiger partial charge in [0.25, 0.3) is 0 Å². The topological polar surface area (TPSA) is 65.8 Å². The van der Waals surface area contributed by atoms with Gasteiger partial charge in [0, 0.05) is 24.0 Å². The van der Waals surface area contributed by atoms with Crippen molar-refractivity contribution in [2.75, 3.05) is 6.54 Å². The van der Waals surface area contributed by atoms with E-state index in [0.29, 0.717) is 13.0 Å². The van der Waals surface area contributed by atoms with Crippen LogP contribution in [0.3, 0.4) is 0 Å². The molecule has 1 rings (SSSR count). The van der Waals surface area contributed by atoms with E-state index in [9.17, 15) is 4.79 Å². The van der Waals surface area contributed by atoms with E-state index in [4.69, 9.17) is 5.26 Å². The normalized spacial score (nSPS) is 13.8. The molecule has 17 heavy (non-hydrogen) atoms. The molecule has 0 saturated carbocycles. The van der Waals surface area contributed by atoms with Crippen LogP contribution >= 0.6 is 11.3 Å². The van der Waals surface area contributed by atoms with E-state index in [1.54, 1.807) is 18.3 Å². The Hall–Kier alpha value is -1.41. The van der Waals surface area contributed by atoms with E-state index >= 15 is 0 Å².